The zero-order chi connectivity index (χ0) is 16.7. The lowest BCUT2D eigenvalue weighted by molar-refractivity contribution is 0.0634. The Morgan fingerprint density at radius 3 is 2.74 bits per heavy atom. The van der Waals surface area contributed by atoms with Gasteiger partial charge in [0.2, 0.25) is 0 Å². The molecular formula is C18H19ClFNO2. The summed E-state index contributed by atoms with van der Waals surface area (Å²) in [5.74, 6) is -1.05. The highest BCUT2D eigenvalue weighted by Crippen LogP contribution is 2.16. The van der Waals surface area contributed by atoms with Crippen LogP contribution in [0.1, 0.15) is 35.4 Å². The first-order valence-electron chi connectivity index (χ1n) is 7.47. The molecule has 0 unspecified atom stereocenters. The third-order valence-corrected chi connectivity index (χ3v) is 3.65. The van der Waals surface area contributed by atoms with Crippen molar-refractivity contribution >= 4 is 17.5 Å². The summed E-state index contributed by atoms with van der Waals surface area (Å²) < 4.78 is 19.3. The second-order valence-corrected chi connectivity index (χ2v) is 5.59. The summed E-state index contributed by atoms with van der Waals surface area (Å²) in [7, 11) is 0. The third-order valence-electron chi connectivity index (χ3n) is 3.42. The summed E-state index contributed by atoms with van der Waals surface area (Å²) in [6.07, 6.45) is 0.641. The van der Waals surface area contributed by atoms with Gasteiger partial charge >= 0.3 is 0 Å². The molecule has 1 N–H and O–H groups in total. The molecule has 0 aliphatic heterocycles. The number of hydrogen-bond acceptors (Lipinski definition) is 2. The molecule has 0 radical (unpaired) electrons. The van der Waals surface area contributed by atoms with Gasteiger partial charge in [-0.15, -0.1) is 0 Å². The highest BCUT2D eigenvalue weighted by atomic mass is 35.5. The summed E-state index contributed by atoms with van der Waals surface area (Å²) in [6, 6.07) is 13.8. The first-order valence-corrected chi connectivity index (χ1v) is 7.85. The van der Waals surface area contributed by atoms with Gasteiger partial charge in [0.1, 0.15) is 5.82 Å². The molecule has 0 fully saturated rings. The third kappa shape index (κ3) is 5.34. The van der Waals surface area contributed by atoms with Crippen molar-refractivity contribution in [3.63, 3.8) is 0 Å². The lowest BCUT2D eigenvalue weighted by Crippen LogP contribution is -2.26. The van der Waals surface area contributed by atoms with Crippen LogP contribution < -0.4 is 5.32 Å². The Labute approximate surface area is 140 Å². The topological polar surface area (TPSA) is 38.3 Å². The van der Waals surface area contributed by atoms with Crippen LogP contribution in [0.15, 0.2) is 48.5 Å². The zero-order valence-electron chi connectivity index (χ0n) is 12.9. The Balaban J connectivity index is 1.71. The second kappa shape index (κ2) is 8.65. The van der Waals surface area contributed by atoms with Gasteiger partial charge in [0.15, 0.2) is 0 Å². The standard InChI is InChI=1S/C18H19ClFNO2/c1-13(14-6-3-2-4-7-14)23-11-5-10-21-18(22)16-12-15(19)8-9-17(16)20/h2-4,6-9,12-13H,5,10-11H2,1H3,(H,21,22)/t13-/m0/s1. The van der Waals surface area contributed by atoms with Crippen molar-refractivity contribution in [2.75, 3.05) is 13.2 Å². The maximum atomic E-state index is 13.5. The Morgan fingerprint density at radius 1 is 1.26 bits per heavy atom. The van der Waals surface area contributed by atoms with Gasteiger partial charge in [-0.1, -0.05) is 41.9 Å². The van der Waals surface area contributed by atoms with Crippen molar-refractivity contribution in [3.05, 3.63) is 70.5 Å². The van der Waals surface area contributed by atoms with E-state index in [0.29, 0.717) is 24.6 Å². The fraction of sp³-hybridized carbons (Fsp3) is 0.278. The molecule has 2 aromatic rings. The maximum Gasteiger partial charge on any atom is 0.254 e. The first-order chi connectivity index (χ1) is 11.1. The number of ether oxygens (including phenoxy) is 1. The lowest BCUT2D eigenvalue weighted by atomic mass is 10.1. The normalized spacial score (nSPS) is 12.0. The van der Waals surface area contributed by atoms with Crippen molar-refractivity contribution < 1.29 is 13.9 Å². The molecule has 2 rings (SSSR count). The van der Waals surface area contributed by atoms with E-state index >= 15 is 0 Å². The van der Waals surface area contributed by atoms with Crippen molar-refractivity contribution in [1.29, 1.82) is 0 Å². The number of rotatable bonds is 7. The van der Waals surface area contributed by atoms with Gasteiger partial charge in [0.25, 0.3) is 5.91 Å². The van der Waals surface area contributed by atoms with Crippen LogP contribution >= 0.6 is 11.6 Å². The smallest absolute Gasteiger partial charge is 0.254 e. The number of benzene rings is 2. The molecule has 0 aliphatic carbocycles. The van der Waals surface area contributed by atoms with E-state index in [0.717, 1.165) is 5.56 Å². The SMILES string of the molecule is C[C@H](OCCCNC(=O)c1cc(Cl)ccc1F)c1ccccc1. The lowest BCUT2D eigenvalue weighted by Gasteiger charge is -2.13. The van der Waals surface area contributed by atoms with Crippen molar-refractivity contribution in [2.24, 2.45) is 0 Å². The van der Waals surface area contributed by atoms with Crippen LogP contribution in [0, 0.1) is 5.82 Å². The number of nitrogens with one attached hydrogen (secondary N) is 1. The predicted molar refractivity (Wildman–Crippen MR) is 89.2 cm³/mol. The predicted octanol–water partition coefficient (Wildman–Crippen LogP) is 4.38. The average Bonchev–Trinajstić information content (AvgIpc) is 2.57. The van der Waals surface area contributed by atoms with Crippen LogP contribution in [0.5, 0.6) is 0 Å². The molecule has 0 heterocycles. The van der Waals surface area contributed by atoms with Crippen LogP contribution in [-0.2, 0) is 4.74 Å². The van der Waals surface area contributed by atoms with E-state index in [-0.39, 0.29) is 11.7 Å². The van der Waals surface area contributed by atoms with Gasteiger partial charge < -0.3 is 10.1 Å². The Kier molecular flexibility index (Phi) is 6.56. The molecule has 1 amide bonds. The number of hydrogen-bond donors (Lipinski definition) is 1. The minimum absolute atomic E-state index is 0.00252. The molecule has 23 heavy (non-hydrogen) atoms. The molecule has 2 aromatic carbocycles. The van der Waals surface area contributed by atoms with E-state index in [2.05, 4.69) is 5.32 Å². The first kappa shape index (κ1) is 17.4. The highest BCUT2D eigenvalue weighted by molar-refractivity contribution is 6.30. The van der Waals surface area contributed by atoms with E-state index in [9.17, 15) is 9.18 Å². The summed E-state index contributed by atoms with van der Waals surface area (Å²) in [6.45, 7) is 2.90. The van der Waals surface area contributed by atoms with Crippen LogP contribution in [0.25, 0.3) is 0 Å². The van der Waals surface area contributed by atoms with Crippen LogP contribution in [0.4, 0.5) is 4.39 Å². The van der Waals surface area contributed by atoms with E-state index in [1.54, 1.807) is 0 Å². The molecule has 5 heteroatoms. The molecule has 122 valence electrons. The number of halogens is 2. The van der Waals surface area contributed by atoms with Crippen LogP contribution in [0.3, 0.4) is 0 Å². The van der Waals surface area contributed by atoms with Gasteiger partial charge in [-0.3, -0.25) is 4.79 Å². The molecule has 0 saturated carbocycles. The van der Waals surface area contributed by atoms with Crippen molar-refractivity contribution in [2.45, 2.75) is 19.4 Å². The molecular weight excluding hydrogens is 317 g/mol. The number of amides is 1. The van der Waals surface area contributed by atoms with Gasteiger partial charge in [0, 0.05) is 18.2 Å². The molecule has 0 aliphatic rings. The average molecular weight is 336 g/mol. The number of carbonyl (C=O) groups is 1. The quantitative estimate of drug-likeness (QED) is 0.763. The zero-order valence-corrected chi connectivity index (χ0v) is 13.6. The van der Waals surface area contributed by atoms with Crippen molar-refractivity contribution in [3.8, 4) is 0 Å². The minimum Gasteiger partial charge on any atom is -0.374 e. The van der Waals surface area contributed by atoms with E-state index in [4.69, 9.17) is 16.3 Å². The molecule has 0 bridgehead atoms. The van der Waals surface area contributed by atoms with Gasteiger partial charge in [-0.25, -0.2) is 4.39 Å². The fourth-order valence-corrected chi connectivity index (χ4v) is 2.29. The Bertz CT molecular complexity index is 649. The van der Waals surface area contributed by atoms with Crippen molar-refractivity contribution in [1.82, 2.24) is 5.32 Å². The van der Waals surface area contributed by atoms with E-state index in [1.165, 1.54) is 18.2 Å². The highest BCUT2D eigenvalue weighted by Gasteiger charge is 2.11. The van der Waals surface area contributed by atoms with E-state index in [1.807, 2.05) is 37.3 Å². The van der Waals surface area contributed by atoms with Crippen LogP contribution in [0.2, 0.25) is 5.02 Å². The summed E-state index contributed by atoms with van der Waals surface area (Å²) in [4.78, 5) is 11.9. The molecule has 3 nitrogen and oxygen atoms in total. The molecule has 0 spiro atoms. The summed E-state index contributed by atoms with van der Waals surface area (Å²) >= 11 is 5.77. The van der Waals surface area contributed by atoms with Gasteiger partial charge in [-0.2, -0.15) is 0 Å². The fourth-order valence-electron chi connectivity index (χ4n) is 2.12. The largest absolute Gasteiger partial charge is 0.374 e. The molecule has 0 saturated heterocycles. The van der Waals surface area contributed by atoms with Gasteiger partial charge in [0.05, 0.1) is 11.7 Å². The Hall–Kier alpha value is -1.91. The molecule has 0 aromatic heterocycles. The summed E-state index contributed by atoms with van der Waals surface area (Å²) in [5, 5.41) is 2.99. The monoisotopic (exact) mass is 335 g/mol. The van der Waals surface area contributed by atoms with Crippen LogP contribution in [-0.4, -0.2) is 19.1 Å². The number of carbonyl (C=O) groups excluding carboxylic acids is 1. The van der Waals surface area contributed by atoms with E-state index < -0.39 is 11.7 Å². The second-order valence-electron chi connectivity index (χ2n) is 5.16. The summed E-state index contributed by atoms with van der Waals surface area (Å²) in [5.41, 5.74) is 1.06. The van der Waals surface area contributed by atoms with Gasteiger partial charge in [-0.05, 0) is 37.1 Å². The maximum absolute atomic E-state index is 13.5. The minimum atomic E-state index is -0.583. The Morgan fingerprint density at radius 2 is 2.00 bits per heavy atom. The molecule has 1 atom stereocenters.